The summed E-state index contributed by atoms with van der Waals surface area (Å²) in [7, 11) is 0. The van der Waals surface area contributed by atoms with Gasteiger partial charge in [-0.05, 0) is 56.6 Å². The zero-order chi connectivity index (χ0) is 16.8. The molecule has 24 heavy (non-hydrogen) atoms. The Hall–Kier alpha value is -1.17. The molecular formula is C18H25ClN4O. The zero-order valence-corrected chi connectivity index (χ0v) is 15.0. The first kappa shape index (κ1) is 16.3. The molecule has 3 fully saturated rings. The third-order valence-electron chi connectivity index (χ3n) is 6.15. The third-order valence-corrected chi connectivity index (χ3v) is 6.45. The smallest absolute Gasteiger partial charge is 0.228 e. The van der Waals surface area contributed by atoms with E-state index in [0.717, 1.165) is 43.6 Å². The fourth-order valence-corrected chi connectivity index (χ4v) is 5.35. The lowest BCUT2D eigenvalue weighted by Gasteiger charge is -2.50. The van der Waals surface area contributed by atoms with E-state index in [1.54, 1.807) is 0 Å². The van der Waals surface area contributed by atoms with Crippen molar-refractivity contribution in [2.75, 3.05) is 13.1 Å². The molecule has 1 aromatic rings. The van der Waals surface area contributed by atoms with E-state index in [4.69, 9.17) is 11.6 Å². The van der Waals surface area contributed by atoms with E-state index in [1.807, 2.05) is 13.0 Å². The molecule has 5 unspecified atom stereocenters. The SMILES string of the molecule is CCN1C(=O)C2CNNC2C2CCC(c3ccc(C)nc3Cl)CC21. The summed E-state index contributed by atoms with van der Waals surface area (Å²) in [5, 5.41) is 0.627. The summed E-state index contributed by atoms with van der Waals surface area (Å²) in [4.78, 5) is 19.4. The number of halogens is 1. The van der Waals surface area contributed by atoms with Crippen molar-refractivity contribution in [2.45, 2.75) is 51.1 Å². The number of nitrogens with one attached hydrogen (secondary N) is 2. The van der Waals surface area contributed by atoms with Crippen LogP contribution in [0.3, 0.4) is 0 Å². The molecule has 130 valence electrons. The van der Waals surface area contributed by atoms with Gasteiger partial charge in [0.05, 0.1) is 5.92 Å². The number of fused-ring (bicyclic) bond motifs is 3. The Morgan fingerprint density at radius 3 is 2.96 bits per heavy atom. The summed E-state index contributed by atoms with van der Waals surface area (Å²) in [6, 6.07) is 4.73. The van der Waals surface area contributed by atoms with Crippen molar-refractivity contribution in [2.24, 2.45) is 11.8 Å². The van der Waals surface area contributed by atoms with Gasteiger partial charge in [-0.1, -0.05) is 17.7 Å². The van der Waals surface area contributed by atoms with Gasteiger partial charge in [-0.15, -0.1) is 0 Å². The Kier molecular flexibility index (Phi) is 4.27. The maximum Gasteiger partial charge on any atom is 0.228 e. The van der Waals surface area contributed by atoms with Crippen LogP contribution in [-0.4, -0.2) is 41.0 Å². The van der Waals surface area contributed by atoms with E-state index in [0.29, 0.717) is 28.9 Å². The van der Waals surface area contributed by atoms with Crippen molar-refractivity contribution in [1.82, 2.24) is 20.7 Å². The number of nitrogens with zero attached hydrogens (tertiary/aromatic N) is 2. The van der Waals surface area contributed by atoms with E-state index in [1.165, 1.54) is 0 Å². The number of hydrogen-bond donors (Lipinski definition) is 2. The Morgan fingerprint density at radius 1 is 1.38 bits per heavy atom. The van der Waals surface area contributed by atoms with Gasteiger partial charge in [0.2, 0.25) is 5.91 Å². The van der Waals surface area contributed by atoms with Crippen molar-refractivity contribution in [3.8, 4) is 0 Å². The maximum absolute atomic E-state index is 12.9. The second-order valence-corrected chi connectivity index (χ2v) is 7.71. The van der Waals surface area contributed by atoms with E-state index < -0.39 is 0 Å². The monoisotopic (exact) mass is 348 g/mol. The Bertz CT molecular complexity index is 652. The molecule has 3 aliphatic rings. The molecule has 0 radical (unpaired) electrons. The quantitative estimate of drug-likeness (QED) is 0.805. The average Bonchev–Trinajstić information content (AvgIpc) is 3.05. The molecule has 2 saturated heterocycles. The standard InChI is InChI=1S/C18H25ClN4O/c1-3-23-15-8-11(12-6-4-10(2)21-17(12)19)5-7-13(15)16-14(18(23)24)9-20-22-16/h4,6,11,13-16,20,22H,3,5,7-9H2,1-2H3. The number of hydrogen-bond acceptors (Lipinski definition) is 4. The number of aromatic nitrogens is 1. The number of hydrazine groups is 1. The molecule has 2 aliphatic heterocycles. The lowest BCUT2D eigenvalue weighted by molar-refractivity contribution is -0.146. The Morgan fingerprint density at radius 2 is 2.21 bits per heavy atom. The van der Waals surface area contributed by atoms with Crippen LogP contribution in [-0.2, 0) is 4.79 Å². The highest BCUT2D eigenvalue weighted by Crippen LogP contribution is 2.45. The van der Waals surface area contributed by atoms with Crippen LogP contribution in [0.1, 0.15) is 43.4 Å². The number of likely N-dealkylation sites (tertiary alicyclic amines) is 1. The molecule has 4 rings (SSSR count). The zero-order valence-electron chi connectivity index (χ0n) is 14.3. The minimum absolute atomic E-state index is 0.0902. The predicted molar refractivity (Wildman–Crippen MR) is 93.7 cm³/mol. The summed E-state index contributed by atoms with van der Waals surface area (Å²) >= 11 is 6.41. The molecule has 0 spiro atoms. The Balaban J connectivity index is 1.61. The number of amides is 1. The molecule has 5 nitrogen and oxygen atoms in total. The van der Waals surface area contributed by atoms with Gasteiger partial charge in [-0.25, -0.2) is 4.98 Å². The van der Waals surface area contributed by atoms with Crippen molar-refractivity contribution >= 4 is 17.5 Å². The van der Waals surface area contributed by atoms with Gasteiger partial charge in [-0.3, -0.25) is 15.6 Å². The third kappa shape index (κ3) is 2.54. The molecule has 6 heteroatoms. The van der Waals surface area contributed by atoms with E-state index >= 15 is 0 Å². The number of carbonyl (C=O) groups excluding carboxylic acids is 1. The topological polar surface area (TPSA) is 57.3 Å². The highest BCUT2D eigenvalue weighted by molar-refractivity contribution is 6.30. The van der Waals surface area contributed by atoms with Crippen LogP contribution in [0.2, 0.25) is 5.15 Å². The molecular weight excluding hydrogens is 324 g/mol. The van der Waals surface area contributed by atoms with Gasteiger partial charge < -0.3 is 4.90 Å². The van der Waals surface area contributed by atoms with Crippen LogP contribution in [0.4, 0.5) is 0 Å². The molecule has 5 atom stereocenters. The number of carbonyl (C=O) groups is 1. The lowest BCUT2D eigenvalue weighted by Crippen LogP contribution is -2.61. The fourth-order valence-electron chi connectivity index (χ4n) is 5.00. The molecule has 1 amide bonds. The number of pyridine rings is 1. The summed E-state index contributed by atoms with van der Waals surface area (Å²) in [6.45, 7) is 5.59. The van der Waals surface area contributed by atoms with Crippen LogP contribution >= 0.6 is 11.6 Å². The highest BCUT2D eigenvalue weighted by Gasteiger charge is 2.51. The van der Waals surface area contributed by atoms with Gasteiger partial charge in [0.15, 0.2) is 0 Å². The first-order chi connectivity index (χ1) is 11.6. The maximum atomic E-state index is 12.9. The summed E-state index contributed by atoms with van der Waals surface area (Å²) in [6.07, 6.45) is 3.22. The fraction of sp³-hybridized carbons (Fsp3) is 0.667. The molecule has 1 aliphatic carbocycles. The van der Waals surface area contributed by atoms with Gasteiger partial charge in [0, 0.05) is 30.9 Å². The summed E-state index contributed by atoms with van der Waals surface area (Å²) in [5.74, 6) is 1.30. The van der Waals surface area contributed by atoms with Crippen molar-refractivity contribution in [3.05, 3.63) is 28.5 Å². The van der Waals surface area contributed by atoms with E-state index in [2.05, 4.69) is 33.7 Å². The molecule has 2 N–H and O–H groups in total. The van der Waals surface area contributed by atoms with Gasteiger partial charge in [0.25, 0.3) is 0 Å². The van der Waals surface area contributed by atoms with Gasteiger partial charge >= 0.3 is 0 Å². The van der Waals surface area contributed by atoms with Crippen LogP contribution in [0.5, 0.6) is 0 Å². The van der Waals surface area contributed by atoms with Crippen molar-refractivity contribution < 1.29 is 4.79 Å². The summed E-state index contributed by atoms with van der Waals surface area (Å²) in [5.41, 5.74) is 8.66. The molecule has 0 bridgehead atoms. The van der Waals surface area contributed by atoms with Crippen LogP contribution < -0.4 is 10.9 Å². The normalized spacial score (nSPS) is 35.7. The second kappa shape index (κ2) is 6.28. The van der Waals surface area contributed by atoms with Crippen LogP contribution in [0.25, 0.3) is 0 Å². The van der Waals surface area contributed by atoms with E-state index in [-0.39, 0.29) is 12.0 Å². The number of rotatable bonds is 2. The first-order valence-corrected chi connectivity index (χ1v) is 9.39. The minimum Gasteiger partial charge on any atom is -0.339 e. The van der Waals surface area contributed by atoms with Crippen LogP contribution in [0.15, 0.2) is 12.1 Å². The number of aryl methyl sites for hydroxylation is 1. The minimum atomic E-state index is 0.0902. The first-order valence-electron chi connectivity index (χ1n) is 9.02. The van der Waals surface area contributed by atoms with Crippen molar-refractivity contribution in [1.29, 1.82) is 0 Å². The molecule has 3 heterocycles. The average molecular weight is 349 g/mol. The van der Waals surface area contributed by atoms with Gasteiger partial charge in [-0.2, -0.15) is 0 Å². The van der Waals surface area contributed by atoms with E-state index in [9.17, 15) is 4.79 Å². The van der Waals surface area contributed by atoms with Gasteiger partial charge in [0.1, 0.15) is 5.15 Å². The summed E-state index contributed by atoms with van der Waals surface area (Å²) < 4.78 is 0. The predicted octanol–water partition coefficient (Wildman–Crippen LogP) is 2.25. The lowest BCUT2D eigenvalue weighted by atomic mass is 9.67. The second-order valence-electron chi connectivity index (χ2n) is 7.36. The number of piperidine rings is 1. The molecule has 1 saturated carbocycles. The largest absolute Gasteiger partial charge is 0.339 e. The molecule has 1 aromatic heterocycles. The molecule has 0 aromatic carbocycles. The Labute approximate surface area is 148 Å². The van der Waals surface area contributed by atoms with Crippen LogP contribution in [0, 0.1) is 18.8 Å². The van der Waals surface area contributed by atoms with Crippen molar-refractivity contribution in [3.63, 3.8) is 0 Å². The highest BCUT2D eigenvalue weighted by atomic mass is 35.5.